The topological polar surface area (TPSA) is 102 Å². The molecule has 7 nitrogen and oxygen atoms in total. The Kier molecular flexibility index (Phi) is 6.81. The van der Waals surface area contributed by atoms with Crippen molar-refractivity contribution in [1.29, 1.82) is 0 Å². The normalized spacial score (nSPS) is 12.1. The third kappa shape index (κ3) is 6.26. The molecule has 0 heterocycles. The van der Waals surface area contributed by atoms with Crippen LogP contribution in [0.5, 0.6) is 0 Å². The number of sulfonamides is 1. The summed E-state index contributed by atoms with van der Waals surface area (Å²) in [5.74, 6) is -1.33. The van der Waals surface area contributed by atoms with Crippen LogP contribution >= 0.6 is 11.6 Å². The number of anilines is 1. The van der Waals surface area contributed by atoms with E-state index in [1.165, 1.54) is 12.1 Å². The Balaban J connectivity index is 1.98. The van der Waals surface area contributed by atoms with Gasteiger partial charge in [-0.05, 0) is 30.7 Å². The van der Waals surface area contributed by atoms with Gasteiger partial charge in [0.1, 0.15) is 0 Å². The minimum atomic E-state index is -3.56. The lowest BCUT2D eigenvalue weighted by molar-refractivity contribution is -0.124. The van der Waals surface area contributed by atoms with Gasteiger partial charge in [0.15, 0.2) is 6.61 Å². The van der Waals surface area contributed by atoms with Gasteiger partial charge >= 0.3 is 5.97 Å². The second kappa shape index (κ2) is 8.88. The smallest absolute Gasteiger partial charge is 0.340 e. The zero-order chi connectivity index (χ0) is 20.0. The summed E-state index contributed by atoms with van der Waals surface area (Å²) in [5, 5.41) is 3.20. The van der Waals surface area contributed by atoms with Crippen molar-refractivity contribution < 1.29 is 22.7 Å². The number of para-hydroxylation sites is 1. The van der Waals surface area contributed by atoms with Crippen molar-refractivity contribution in [1.82, 2.24) is 5.32 Å². The van der Waals surface area contributed by atoms with Crippen molar-refractivity contribution in [3.63, 3.8) is 0 Å². The van der Waals surface area contributed by atoms with E-state index in [-0.39, 0.29) is 17.3 Å². The van der Waals surface area contributed by atoms with Gasteiger partial charge in [-0.1, -0.05) is 41.9 Å². The van der Waals surface area contributed by atoms with Crippen molar-refractivity contribution >= 4 is 39.2 Å². The van der Waals surface area contributed by atoms with E-state index >= 15 is 0 Å². The number of carbonyl (C=O) groups excluding carboxylic acids is 2. The molecule has 0 aromatic heterocycles. The minimum absolute atomic E-state index is 0.00915. The van der Waals surface area contributed by atoms with Crippen LogP contribution in [0.25, 0.3) is 0 Å². The standard InChI is InChI=1S/C18H19ClN2O5S/c1-12(13-7-3-5-9-15(13)19)20-17(22)11-26-18(23)14-8-4-6-10-16(14)21-27(2,24)25/h3-10,12,21H,11H2,1-2H3,(H,20,22)/t12-/m0/s1. The van der Waals surface area contributed by atoms with Crippen LogP contribution in [0.2, 0.25) is 5.02 Å². The number of hydrogen-bond donors (Lipinski definition) is 2. The lowest BCUT2D eigenvalue weighted by atomic mass is 10.1. The van der Waals surface area contributed by atoms with Crippen LogP contribution in [0.15, 0.2) is 48.5 Å². The van der Waals surface area contributed by atoms with Crippen LogP contribution in [-0.2, 0) is 19.6 Å². The lowest BCUT2D eigenvalue weighted by Crippen LogP contribution is -2.31. The van der Waals surface area contributed by atoms with Crippen molar-refractivity contribution in [2.45, 2.75) is 13.0 Å². The van der Waals surface area contributed by atoms with Crippen molar-refractivity contribution in [2.75, 3.05) is 17.6 Å². The van der Waals surface area contributed by atoms with E-state index in [0.717, 1.165) is 11.8 Å². The molecule has 9 heteroatoms. The molecule has 0 aliphatic heterocycles. The van der Waals surface area contributed by atoms with E-state index in [1.807, 2.05) is 0 Å². The Morgan fingerprint density at radius 2 is 1.74 bits per heavy atom. The maximum Gasteiger partial charge on any atom is 0.340 e. The first-order chi connectivity index (χ1) is 12.7. The van der Waals surface area contributed by atoms with E-state index < -0.39 is 28.5 Å². The third-order valence-corrected chi connectivity index (χ3v) is 4.46. The van der Waals surface area contributed by atoms with Crippen LogP contribution in [0, 0.1) is 0 Å². The molecule has 0 spiro atoms. The maximum absolute atomic E-state index is 12.2. The highest BCUT2D eigenvalue weighted by Gasteiger charge is 2.17. The van der Waals surface area contributed by atoms with E-state index in [0.29, 0.717) is 5.02 Å². The Morgan fingerprint density at radius 1 is 1.11 bits per heavy atom. The first kappa shape index (κ1) is 20.7. The second-order valence-corrected chi connectivity index (χ2v) is 7.96. The third-order valence-electron chi connectivity index (χ3n) is 3.53. The van der Waals surface area contributed by atoms with Gasteiger partial charge in [0.2, 0.25) is 10.0 Å². The molecule has 2 N–H and O–H groups in total. The van der Waals surface area contributed by atoms with Gasteiger partial charge in [0.25, 0.3) is 5.91 Å². The van der Waals surface area contributed by atoms with E-state index in [1.54, 1.807) is 43.3 Å². The average molecular weight is 411 g/mol. The molecule has 0 saturated carbocycles. The predicted octanol–water partition coefficient (Wildman–Crippen LogP) is 2.75. The summed E-state index contributed by atoms with van der Waals surface area (Å²) in [4.78, 5) is 24.3. The summed E-state index contributed by atoms with van der Waals surface area (Å²) in [6.07, 6.45) is 0.971. The fourth-order valence-corrected chi connectivity index (χ4v) is 3.22. The highest BCUT2D eigenvalue weighted by Crippen LogP contribution is 2.22. The van der Waals surface area contributed by atoms with Crippen LogP contribution in [0.1, 0.15) is 28.9 Å². The quantitative estimate of drug-likeness (QED) is 0.683. The summed E-state index contributed by atoms with van der Waals surface area (Å²) in [6, 6.07) is 12.7. The number of esters is 1. The van der Waals surface area contributed by atoms with Gasteiger partial charge in [-0.25, -0.2) is 13.2 Å². The zero-order valence-corrected chi connectivity index (χ0v) is 16.3. The van der Waals surface area contributed by atoms with Gasteiger partial charge in [-0.2, -0.15) is 0 Å². The molecule has 1 atom stereocenters. The monoisotopic (exact) mass is 410 g/mol. The summed E-state index contributed by atoms with van der Waals surface area (Å²) in [7, 11) is -3.56. The molecule has 2 rings (SSSR count). The van der Waals surface area contributed by atoms with Gasteiger partial charge in [0, 0.05) is 5.02 Å². The number of hydrogen-bond acceptors (Lipinski definition) is 5. The minimum Gasteiger partial charge on any atom is -0.452 e. The molecular weight excluding hydrogens is 392 g/mol. The average Bonchev–Trinajstić information content (AvgIpc) is 2.59. The first-order valence-electron chi connectivity index (χ1n) is 7.95. The first-order valence-corrected chi connectivity index (χ1v) is 10.2. The Labute approximate surface area is 162 Å². The highest BCUT2D eigenvalue weighted by molar-refractivity contribution is 7.92. The summed E-state index contributed by atoms with van der Waals surface area (Å²) in [5.41, 5.74) is 0.825. The summed E-state index contributed by atoms with van der Waals surface area (Å²) >= 11 is 6.09. The number of nitrogens with one attached hydrogen (secondary N) is 2. The number of carbonyl (C=O) groups is 2. The fraction of sp³-hybridized carbons (Fsp3) is 0.222. The molecule has 0 bridgehead atoms. The molecular formula is C18H19ClN2O5S. The van der Waals surface area contributed by atoms with Crippen molar-refractivity contribution in [3.8, 4) is 0 Å². The molecule has 0 unspecified atom stereocenters. The lowest BCUT2D eigenvalue weighted by Gasteiger charge is -2.16. The molecule has 0 aliphatic rings. The highest BCUT2D eigenvalue weighted by atomic mass is 35.5. The summed E-state index contributed by atoms with van der Waals surface area (Å²) in [6.45, 7) is 1.24. The molecule has 0 saturated heterocycles. The molecule has 1 amide bonds. The van der Waals surface area contributed by atoms with Gasteiger partial charge in [0.05, 0.1) is 23.5 Å². The SMILES string of the molecule is C[C@H](NC(=O)COC(=O)c1ccccc1NS(C)(=O)=O)c1ccccc1Cl. The number of halogens is 1. The van der Waals surface area contributed by atoms with Gasteiger partial charge < -0.3 is 10.1 Å². The Bertz CT molecular complexity index is 946. The maximum atomic E-state index is 12.2. The molecule has 144 valence electrons. The van der Waals surface area contributed by atoms with Crippen LogP contribution < -0.4 is 10.0 Å². The molecule has 2 aromatic carbocycles. The second-order valence-electron chi connectivity index (χ2n) is 5.81. The predicted molar refractivity (Wildman–Crippen MR) is 103 cm³/mol. The summed E-state index contributed by atoms with van der Waals surface area (Å²) < 4.78 is 30.0. The van der Waals surface area contributed by atoms with Crippen LogP contribution in [-0.4, -0.2) is 33.2 Å². The van der Waals surface area contributed by atoms with E-state index in [2.05, 4.69) is 10.0 Å². The molecule has 0 radical (unpaired) electrons. The molecule has 27 heavy (non-hydrogen) atoms. The molecule has 0 fully saturated rings. The number of amides is 1. The van der Waals surface area contributed by atoms with Gasteiger partial charge in [-0.15, -0.1) is 0 Å². The Morgan fingerprint density at radius 3 is 2.41 bits per heavy atom. The number of ether oxygens (including phenoxy) is 1. The van der Waals surface area contributed by atoms with Crippen molar-refractivity contribution in [3.05, 3.63) is 64.7 Å². The number of benzene rings is 2. The Hall–Kier alpha value is -2.58. The van der Waals surface area contributed by atoms with Crippen LogP contribution in [0.4, 0.5) is 5.69 Å². The molecule has 2 aromatic rings. The number of rotatable bonds is 7. The molecule has 0 aliphatic carbocycles. The van der Waals surface area contributed by atoms with E-state index in [9.17, 15) is 18.0 Å². The fourth-order valence-electron chi connectivity index (χ4n) is 2.35. The van der Waals surface area contributed by atoms with E-state index in [4.69, 9.17) is 16.3 Å². The largest absolute Gasteiger partial charge is 0.452 e. The van der Waals surface area contributed by atoms with Gasteiger partial charge in [-0.3, -0.25) is 9.52 Å². The van der Waals surface area contributed by atoms with Crippen LogP contribution in [0.3, 0.4) is 0 Å². The van der Waals surface area contributed by atoms with Crippen molar-refractivity contribution in [2.24, 2.45) is 0 Å². The zero-order valence-electron chi connectivity index (χ0n) is 14.7.